The molecule has 0 aliphatic heterocycles. The molecule has 0 fully saturated rings. The number of anilines is 1. The van der Waals surface area contributed by atoms with Crippen LogP contribution in [0.5, 0.6) is 0 Å². The van der Waals surface area contributed by atoms with Crippen LogP contribution in [0, 0.1) is 0 Å². The van der Waals surface area contributed by atoms with Crippen LogP contribution in [0.2, 0.25) is 0 Å². The number of amides is 2. The Morgan fingerprint density at radius 2 is 2.12 bits per heavy atom. The lowest BCUT2D eigenvalue weighted by Crippen LogP contribution is -2.29. The molecule has 0 saturated heterocycles. The number of hydrogen-bond acceptors (Lipinski definition) is 5. The van der Waals surface area contributed by atoms with Crippen LogP contribution in [0.15, 0.2) is 12.4 Å². The third-order valence-corrected chi connectivity index (χ3v) is 1.82. The Labute approximate surface area is 92.5 Å². The summed E-state index contributed by atoms with van der Waals surface area (Å²) in [5.74, 6) is -0.262. The summed E-state index contributed by atoms with van der Waals surface area (Å²) in [7, 11) is 1.54. The quantitative estimate of drug-likeness (QED) is 0.601. The highest BCUT2D eigenvalue weighted by Gasteiger charge is 2.07. The van der Waals surface area contributed by atoms with E-state index < -0.39 is 0 Å². The zero-order valence-corrected chi connectivity index (χ0v) is 8.86. The molecule has 0 aliphatic carbocycles. The first-order valence-electron chi connectivity index (χ1n) is 4.69. The average molecular weight is 223 g/mol. The van der Waals surface area contributed by atoms with Crippen molar-refractivity contribution < 1.29 is 9.59 Å². The van der Waals surface area contributed by atoms with Crippen LogP contribution in [0.4, 0.5) is 5.82 Å². The van der Waals surface area contributed by atoms with E-state index in [2.05, 4.69) is 20.6 Å². The molecule has 1 heterocycles. The van der Waals surface area contributed by atoms with Gasteiger partial charge < -0.3 is 16.4 Å². The van der Waals surface area contributed by atoms with Crippen LogP contribution in [0.3, 0.4) is 0 Å². The monoisotopic (exact) mass is 223 g/mol. The Balaban J connectivity index is 2.41. The van der Waals surface area contributed by atoms with E-state index >= 15 is 0 Å². The Hall–Kier alpha value is -2.18. The molecule has 1 aromatic rings. The van der Waals surface area contributed by atoms with Gasteiger partial charge in [-0.05, 0) is 0 Å². The average Bonchev–Trinajstić information content (AvgIpc) is 2.29. The fourth-order valence-electron chi connectivity index (χ4n) is 0.960. The number of nitrogens with one attached hydrogen (secondary N) is 2. The van der Waals surface area contributed by atoms with Gasteiger partial charge in [-0.2, -0.15) is 0 Å². The van der Waals surface area contributed by atoms with Crippen molar-refractivity contribution in [3.05, 3.63) is 18.1 Å². The van der Waals surface area contributed by atoms with E-state index in [4.69, 9.17) is 5.73 Å². The summed E-state index contributed by atoms with van der Waals surface area (Å²) in [6.45, 7) is 0.255. The minimum absolute atomic E-state index is 0.135. The first kappa shape index (κ1) is 11.9. The molecule has 4 N–H and O–H groups in total. The molecule has 7 heteroatoms. The van der Waals surface area contributed by atoms with Crippen LogP contribution in [-0.2, 0) is 4.79 Å². The summed E-state index contributed by atoms with van der Waals surface area (Å²) in [5, 5.41) is 4.99. The molecular formula is C9H13N5O2. The van der Waals surface area contributed by atoms with Crippen LogP contribution >= 0.6 is 0 Å². The number of hydrogen-bond donors (Lipinski definition) is 3. The van der Waals surface area contributed by atoms with Crippen molar-refractivity contribution in [3.8, 4) is 0 Å². The van der Waals surface area contributed by atoms with E-state index in [-0.39, 0.29) is 36.3 Å². The van der Waals surface area contributed by atoms with E-state index in [1.54, 1.807) is 0 Å². The summed E-state index contributed by atoms with van der Waals surface area (Å²) in [6, 6.07) is 0. The van der Waals surface area contributed by atoms with E-state index in [0.29, 0.717) is 0 Å². The van der Waals surface area contributed by atoms with Crippen molar-refractivity contribution in [1.29, 1.82) is 0 Å². The molecule has 0 aliphatic rings. The Bertz CT molecular complexity index is 376. The molecule has 86 valence electrons. The number of carbonyl (C=O) groups is 2. The maximum absolute atomic E-state index is 11.4. The highest BCUT2D eigenvalue weighted by Crippen LogP contribution is 1.95. The van der Waals surface area contributed by atoms with Gasteiger partial charge in [-0.15, -0.1) is 0 Å². The third-order valence-electron chi connectivity index (χ3n) is 1.82. The number of nitrogen functional groups attached to an aromatic ring is 1. The molecule has 16 heavy (non-hydrogen) atoms. The van der Waals surface area contributed by atoms with E-state index in [0.717, 1.165) is 0 Å². The van der Waals surface area contributed by atoms with Gasteiger partial charge in [0.15, 0.2) is 0 Å². The molecule has 0 bridgehead atoms. The topological polar surface area (TPSA) is 110 Å². The summed E-state index contributed by atoms with van der Waals surface area (Å²) >= 11 is 0. The molecule has 2 amide bonds. The maximum Gasteiger partial charge on any atom is 0.271 e. The molecule has 0 saturated carbocycles. The lowest BCUT2D eigenvalue weighted by Gasteiger charge is -2.03. The van der Waals surface area contributed by atoms with Crippen molar-refractivity contribution in [1.82, 2.24) is 20.6 Å². The van der Waals surface area contributed by atoms with Gasteiger partial charge >= 0.3 is 0 Å². The van der Waals surface area contributed by atoms with E-state index in [1.807, 2.05) is 0 Å². The fraction of sp³-hybridized carbons (Fsp3) is 0.333. The number of nitrogens with two attached hydrogens (primary N) is 1. The van der Waals surface area contributed by atoms with Gasteiger partial charge in [0.2, 0.25) is 5.91 Å². The van der Waals surface area contributed by atoms with Crippen LogP contribution in [0.1, 0.15) is 16.9 Å². The molecule has 0 aromatic carbocycles. The minimum atomic E-state index is -0.378. The zero-order chi connectivity index (χ0) is 12.0. The van der Waals surface area contributed by atoms with Crippen molar-refractivity contribution >= 4 is 17.6 Å². The van der Waals surface area contributed by atoms with Gasteiger partial charge in [-0.1, -0.05) is 0 Å². The van der Waals surface area contributed by atoms with Crippen LogP contribution in [0.25, 0.3) is 0 Å². The fourth-order valence-corrected chi connectivity index (χ4v) is 0.960. The summed E-state index contributed by atoms with van der Waals surface area (Å²) < 4.78 is 0. The zero-order valence-electron chi connectivity index (χ0n) is 8.86. The largest absolute Gasteiger partial charge is 0.382 e. The molecule has 7 nitrogen and oxygen atoms in total. The van der Waals surface area contributed by atoms with Gasteiger partial charge in [-0.25, -0.2) is 9.97 Å². The third kappa shape index (κ3) is 3.52. The predicted octanol–water partition coefficient (Wildman–Crippen LogP) is -1.08. The molecule has 1 aromatic heterocycles. The number of nitrogens with zero attached hydrogens (tertiary/aromatic N) is 2. The second kappa shape index (κ2) is 5.64. The SMILES string of the molecule is CNC(=O)CCNC(=O)c1cnc(N)cn1. The van der Waals surface area contributed by atoms with Crippen molar-refractivity contribution in [2.75, 3.05) is 19.3 Å². The minimum Gasteiger partial charge on any atom is -0.382 e. The normalized spacial score (nSPS) is 9.56. The Morgan fingerprint density at radius 3 is 2.69 bits per heavy atom. The maximum atomic E-state index is 11.4. The van der Waals surface area contributed by atoms with E-state index in [1.165, 1.54) is 19.4 Å². The van der Waals surface area contributed by atoms with Gasteiger partial charge in [0.05, 0.1) is 12.4 Å². The lowest BCUT2D eigenvalue weighted by molar-refractivity contribution is -0.120. The lowest BCUT2D eigenvalue weighted by atomic mass is 10.3. The standard InChI is InChI=1S/C9H13N5O2/c1-11-8(15)2-3-12-9(16)6-4-14-7(10)5-13-6/h4-5H,2-3H2,1H3,(H2,10,14)(H,11,15)(H,12,16). The van der Waals surface area contributed by atoms with Crippen LogP contribution in [-0.4, -0.2) is 35.4 Å². The molecule has 0 radical (unpaired) electrons. The molecular weight excluding hydrogens is 210 g/mol. The van der Waals surface area contributed by atoms with Gasteiger partial charge in [-0.3, -0.25) is 9.59 Å². The molecule has 0 spiro atoms. The van der Waals surface area contributed by atoms with Gasteiger partial charge in [0, 0.05) is 20.0 Å². The predicted molar refractivity (Wildman–Crippen MR) is 57.5 cm³/mol. The van der Waals surface area contributed by atoms with Crippen molar-refractivity contribution in [2.24, 2.45) is 0 Å². The summed E-state index contributed by atoms with van der Waals surface area (Å²) in [5.41, 5.74) is 5.50. The number of rotatable bonds is 4. The van der Waals surface area contributed by atoms with Crippen molar-refractivity contribution in [2.45, 2.75) is 6.42 Å². The molecule has 0 unspecified atom stereocenters. The van der Waals surface area contributed by atoms with Gasteiger partial charge in [0.1, 0.15) is 11.5 Å². The molecule has 1 rings (SSSR count). The highest BCUT2D eigenvalue weighted by molar-refractivity contribution is 5.92. The van der Waals surface area contributed by atoms with Crippen LogP contribution < -0.4 is 16.4 Å². The second-order valence-electron chi connectivity index (χ2n) is 3.01. The summed E-state index contributed by atoms with van der Waals surface area (Å²) in [4.78, 5) is 29.8. The smallest absolute Gasteiger partial charge is 0.271 e. The Kier molecular flexibility index (Phi) is 4.19. The van der Waals surface area contributed by atoms with Crippen molar-refractivity contribution in [3.63, 3.8) is 0 Å². The van der Waals surface area contributed by atoms with Gasteiger partial charge in [0.25, 0.3) is 5.91 Å². The first-order valence-corrected chi connectivity index (χ1v) is 4.69. The number of aromatic nitrogens is 2. The van der Waals surface area contributed by atoms with E-state index in [9.17, 15) is 9.59 Å². The Morgan fingerprint density at radius 1 is 1.38 bits per heavy atom. The molecule has 0 atom stereocenters. The second-order valence-corrected chi connectivity index (χ2v) is 3.01. The summed E-state index contributed by atoms with van der Waals surface area (Å²) in [6.07, 6.45) is 2.81. The highest BCUT2D eigenvalue weighted by atomic mass is 16.2. The first-order chi connectivity index (χ1) is 7.63. The number of carbonyl (C=O) groups excluding carboxylic acids is 2.